The van der Waals surface area contributed by atoms with Crippen molar-refractivity contribution in [3.05, 3.63) is 66.2 Å². The van der Waals surface area contributed by atoms with Crippen molar-refractivity contribution >= 4 is 34.7 Å². The monoisotopic (exact) mass is 413 g/mol. The molecule has 0 amide bonds. The van der Waals surface area contributed by atoms with E-state index in [0.29, 0.717) is 0 Å². The van der Waals surface area contributed by atoms with Crippen LogP contribution in [0.3, 0.4) is 0 Å². The zero-order valence-corrected chi connectivity index (χ0v) is 14.8. The molecule has 1 radical (unpaired) electrons. The molecule has 2 heteroatoms. The normalized spacial score (nSPS) is 14.1. The molecule has 1 unspecified atom stereocenters. The Bertz CT molecular complexity index is 465. The van der Waals surface area contributed by atoms with Crippen LogP contribution in [0.25, 0.3) is 0 Å². The Hall–Kier alpha value is -0.272. The molecule has 18 heavy (non-hydrogen) atoms. The summed E-state index contributed by atoms with van der Waals surface area (Å²) in [5.41, 5.74) is 3.97. The van der Waals surface area contributed by atoms with Gasteiger partial charge in [0.05, 0.1) is 0 Å². The number of benzene rings is 2. The van der Waals surface area contributed by atoms with Gasteiger partial charge in [0.15, 0.2) is 0 Å². The van der Waals surface area contributed by atoms with Gasteiger partial charge < -0.3 is 0 Å². The van der Waals surface area contributed by atoms with Gasteiger partial charge in [-0.3, -0.25) is 0 Å². The summed E-state index contributed by atoms with van der Waals surface area (Å²) in [5, 5.41) is 1.39. The summed E-state index contributed by atoms with van der Waals surface area (Å²) < 4.78 is 1.60. The molecule has 0 spiro atoms. The molecule has 0 aromatic heterocycles. The second kappa shape index (κ2) is 6.77. The number of hydrogen-bond donors (Lipinski definition) is 0. The average molecular weight is 413 g/mol. The Morgan fingerprint density at radius 1 is 0.889 bits per heavy atom. The van der Waals surface area contributed by atoms with Crippen molar-refractivity contribution in [1.29, 1.82) is 0 Å². The Labute approximate surface area is 124 Å². The van der Waals surface area contributed by atoms with Gasteiger partial charge in [-0.15, -0.1) is 0 Å². The summed E-state index contributed by atoms with van der Waals surface area (Å²) in [6.45, 7) is 0. The van der Waals surface area contributed by atoms with Gasteiger partial charge >= 0.3 is 125 Å². The van der Waals surface area contributed by atoms with E-state index in [1.165, 1.54) is 23.6 Å². The standard InChI is InChI=1S/C16H19AsI/c1-17(18,16-12-6-3-7-13-16)14-8-11-15-9-4-2-5-10-15/h2-7,9-10,12-13H,8,11,14H2,1H3. The fraction of sp³-hybridized carbons (Fsp3) is 0.250. The molecule has 95 valence electrons. The van der Waals surface area contributed by atoms with Gasteiger partial charge in [-0.05, 0) is 0 Å². The summed E-state index contributed by atoms with van der Waals surface area (Å²) in [6, 6.07) is 21.9. The Morgan fingerprint density at radius 2 is 1.44 bits per heavy atom. The zero-order valence-electron chi connectivity index (χ0n) is 10.7. The average Bonchev–Trinajstić information content (AvgIpc) is 2.41. The van der Waals surface area contributed by atoms with E-state index in [1.54, 1.807) is 4.35 Å². The first-order chi connectivity index (χ1) is 8.68. The first-order valence-electron chi connectivity index (χ1n) is 6.33. The number of hydrogen-bond acceptors (Lipinski definition) is 0. The third-order valence-corrected chi connectivity index (χ3v) is 13.9. The van der Waals surface area contributed by atoms with E-state index in [4.69, 9.17) is 0 Å². The van der Waals surface area contributed by atoms with Crippen LogP contribution in [0, 0.1) is 0 Å². The van der Waals surface area contributed by atoms with E-state index in [0.717, 1.165) is 0 Å². The second-order valence-electron chi connectivity index (χ2n) is 4.72. The molecule has 2 aromatic carbocycles. The van der Waals surface area contributed by atoms with Gasteiger partial charge in [-0.2, -0.15) is 0 Å². The van der Waals surface area contributed by atoms with Crippen molar-refractivity contribution in [2.45, 2.75) is 23.8 Å². The van der Waals surface area contributed by atoms with Crippen LogP contribution in [0.2, 0.25) is 10.9 Å². The molecule has 1 atom stereocenters. The summed E-state index contributed by atoms with van der Waals surface area (Å²) >= 11 is 2.76. The van der Waals surface area contributed by atoms with Gasteiger partial charge in [0.2, 0.25) is 0 Å². The van der Waals surface area contributed by atoms with Gasteiger partial charge in [0.25, 0.3) is 0 Å². The topological polar surface area (TPSA) is 0 Å². The first kappa shape index (κ1) is 14.1. The van der Waals surface area contributed by atoms with Crippen molar-refractivity contribution in [2.75, 3.05) is 0 Å². The van der Waals surface area contributed by atoms with Crippen molar-refractivity contribution < 1.29 is 0 Å². The molecule has 0 heterocycles. The summed E-state index contributed by atoms with van der Waals surface area (Å²) in [6.07, 6.45) is 2.53. The predicted molar refractivity (Wildman–Crippen MR) is 91.3 cm³/mol. The molecule has 2 rings (SSSR count). The van der Waals surface area contributed by atoms with Crippen LogP contribution in [0.1, 0.15) is 12.0 Å². The maximum atomic E-state index is 2.76. The zero-order chi connectivity index (χ0) is 12.8. The van der Waals surface area contributed by atoms with Crippen LogP contribution < -0.4 is 4.35 Å². The molecule has 0 bridgehead atoms. The van der Waals surface area contributed by atoms with E-state index in [9.17, 15) is 0 Å². The molecule has 0 aliphatic heterocycles. The first-order valence-corrected chi connectivity index (χ1v) is 16.2. The van der Waals surface area contributed by atoms with Crippen molar-refractivity contribution in [1.82, 2.24) is 0 Å². The summed E-state index contributed by atoms with van der Waals surface area (Å²) in [4.78, 5) is 0. The Morgan fingerprint density at radius 3 is 2.06 bits per heavy atom. The molecule has 0 aliphatic rings. The SMILES string of the molecule is C[As](I)(CCCc1ccccc1)c1ccccc1. The molecule has 0 aliphatic carbocycles. The quantitative estimate of drug-likeness (QED) is 0.499. The fourth-order valence-electron chi connectivity index (χ4n) is 2.09. The third-order valence-electron chi connectivity index (χ3n) is 3.18. The minimum atomic E-state index is -1.62. The van der Waals surface area contributed by atoms with Crippen LogP contribution in [-0.2, 0) is 6.42 Å². The van der Waals surface area contributed by atoms with Crippen LogP contribution in [0.15, 0.2) is 60.7 Å². The Kier molecular flexibility index (Phi) is 5.32. The number of aryl methyl sites for hydroxylation is 1. The van der Waals surface area contributed by atoms with Crippen molar-refractivity contribution in [2.24, 2.45) is 0 Å². The number of rotatable bonds is 5. The summed E-state index contributed by atoms with van der Waals surface area (Å²) in [7, 11) is -1.62. The molecule has 0 N–H and O–H groups in total. The van der Waals surface area contributed by atoms with E-state index in [1.807, 2.05) is 0 Å². The third kappa shape index (κ3) is 4.13. The van der Waals surface area contributed by atoms with Crippen LogP contribution >= 0.6 is 20.1 Å². The minimum absolute atomic E-state index is 1.22. The molecule has 2 aromatic rings. The molecular weight excluding hydrogens is 394 g/mol. The molecule has 0 nitrogen and oxygen atoms in total. The van der Waals surface area contributed by atoms with E-state index >= 15 is 0 Å². The molecule has 0 fully saturated rings. The Balaban J connectivity index is 1.90. The predicted octanol–water partition coefficient (Wildman–Crippen LogP) is 4.54. The summed E-state index contributed by atoms with van der Waals surface area (Å²) in [5.74, 6) is 0. The van der Waals surface area contributed by atoms with E-state index < -0.39 is 10.2 Å². The van der Waals surface area contributed by atoms with E-state index in [2.05, 4.69) is 86.5 Å². The van der Waals surface area contributed by atoms with E-state index in [-0.39, 0.29) is 0 Å². The van der Waals surface area contributed by atoms with Gasteiger partial charge in [-0.25, -0.2) is 0 Å². The number of halogens is 1. The van der Waals surface area contributed by atoms with Crippen molar-refractivity contribution in [3.63, 3.8) is 0 Å². The molecular formula is C16H19AsI. The van der Waals surface area contributed by atoms with Crippen LogP contribution in [0.5, 0.6) is 0 Å². The van der Waals surface area contributed by atoms with Crippen LogP contribution in [-0.4, -0.2) is 10.2 Å². The fourth-order valence-corrected chi connectivity index (χ4v) is 9.32. The second-order valence-corrected chi connectivity index (χ2v) is 22.3. The molecule has 0 saturated heterocycles. The maximum absolute atomic E-state index is 2.76. The van der Waals surface area contributed by atoms with Crippen molar-refractivity contribution in [3.8, 4) is 0 Å². The van der Waals surface area contributed by atoms with Gasteiger partial charge in [-0.1, -0.05) is 0 Å². The van der Waals surface area contributed by atoms with Gasteiger partial charge in [0.1, 0.15) is 0 Å². The van der Waals surface area contributed by atoms with Crippen LogP contribution in [0.4, 0.5) is 0 Å². The van der Waals surface area contributed by atoms with Gasteiger partial charge in [0, 0.05) is 0 Å². The molecule has 0 saturated carbocycles.